The topological polar surface area (TPSA) is 41.7 Å². The van der Waals surface area contributed by atoms with Crippen LogP contribution in [0.1, 0.15) is 38.5 Å². The summed E-state index contributed by atoms with van der Waals surface area (Å²) in [5, 5.41) is 0. The average molecular weight is 267 g/mol. The van der Waals surface area contributed by atoms with Crippen LogP contribution in [0.25, 0.3) is 0 Å². The molecule has 0 aliphatic carbocycles. The zero-order valence-corrected chi connectivity index (χ0v) is 12.3. The molecular formula is C15H29N3O. The number of nitrogens with zero attached hydrogens (tertiary/aromatic N) is 2. The lowest BCUT2D eigenvalue weighted by Gasteiger charge is -2.47. The Morgan fingerprint density at radius 1 is 1.05 bits per heavy atom. The molecule has 3 rings (SSSR count). The fourth-order valence-corrected chi connectivity index (χ4v) is 4.46. The van der Waals surface area contributed by atoms with Crippen molar-refractivity contribution in [3.8, 4) is 0 Å². The molecule has 3 aliphatic heterocycles. The summed E-state index contributed by atoms with van der Waals surface area (Å²) in [5.74, 6) is 0. The van der Waals surface area contributed by atoms with Gasteiger partial charge in [0.1, 0.15) is 0 Å². The van der Waals surface area contributed by atoms with E-state index in [4.69, 9.17) is 10.5 Å². The summed E-state index contributed by atoms with van der Waals surface area (Å²) in [6, 6.07) is 2.17. The quantitative estimate of drug-likeness (QED) is 0.830. The van der Waals surface area contributed by atoms with Crippen LogP contribution < -0.4 is 5.73 Å². The van der Waals surface area contributed by atoms with Gasteiger partial charge >= 0.3 is 0 Å². The number of hydrogen-bond acceptors (Lipinski definition) is 4. The fraction of sp³-hybridized carbons (Fsp3) is 1.00. The lowest BCUT2D eigenvalue weighted by Crippen LogP contribution is -2.56. The second kappa shape index (κ2) is 6.08. The van der Waals surface area contributed by atoms with Gasteiger partial charge in [-0.25, -0.2) is 0 Å². The number of piperidine rings is 2. The summed E-state index contributed by atoms with van der Waals surface area (Å²) in [5.41, 5.74) is 6.02. The van der Waals surface area contributed by atoms with Crippen LogP contribution in [0.2, 0.25) is 0 Å². The summed E-state index contributed by atoms with van der Waals surface area (Å²) in [7, 11) is 1.84. The van der Waals surface area contributed by atoms with E-state index in [0.29, 0.717) is 12.1 Å². The molecule has 0 spiro atoms. The number of hydrogen-bond donors (Lipinski definition) is 1. The van der Waals surface area contributed by atoms with E-state index in [9.17, 15) is 0 Å². The first-order valence-electron chi connectivity index (χ1n) is 8.04. The van der Waals surface area contributed by atoms with Crippen molar-refractivity contribution in [3.05, 3.63) is 0 Å². The fourth-order valence-electron chi connectivity index (χ4n) is 4.46. The molecule has 0 radical (unpaired) electrons. The van der Waals surface area contributed by atoms with Gasteiger partial charge in [-0.1, -0.05) is 0 Å². The maximum absolute atomic E-state index is 6.02. The molecule has 0 saturated carbocycles. The largest absolute Gasteiger partial charge is 0.381 e. The Kier molecular flexibility index (Phi) is 4.42. The summed E-state index contributed by atoms with van der Waals surface area (Å²) in [6.45, 7) is 4.60. The molecule has 3 heterocycles. The first kappa shape index (κ1) is 13.8. The molecule has 4 atom stereocenters. The molecule has 3 aliphatic rings. The Balaban J connectivity index is 1.61. The van der Waals surface area contributed by atoms with Gasteiger partial charge in [0.2, 0.25) is 0 Å². The molecule has 110 valence electrons. The average Bonchev–Trinajstić information content (AvgIpc) is 2.93. The van der Waals surface area contributed by atoms with Crippen LogP contribution in [-0.4, -0.2) is 67.3 Å². The van der Waals surface area contributed by atoms with Crippen LogP contribution >= 0.6 is 0 Å². The molecule has 3 saturated heterocycles. The predicted octanol–water partition coefficient (Wildman–Crippen LogP) is 1.05. The van der Waals surface area contributed by atoms with Crippen LogP contribution in [0.5, 0.6) is 0 Å². The molecule has 2 N–H and O–H groups in total. The first-order valence-corrected chi connectivity index (χ1v) is 8.04. The van der Waals surface area contributed by atoms with Gasteiger partial charge < -0.3 is 15.4 Å². The Morgan fingerprint density at radius 2 is 1.95 bits per heavy atom. The molecule has 4 unspecified atom stereocenters. The van der Waals surface area contributed by atoms with E-state index in [1.54, 1.807) is 0 Å². The van der Waals surface area contributed by atoms with Gasteiger partial charge in [0, 0.05) is 38.3 Å². The minimum Gasteiger partial charge on any atom is -0.381 e. The van der Waals surface area contributed by atoms with Crippen molar-refractivity contribution >= 4 is 0 Å². The van der Waals surface area contributed by atoms with Crippen LogP contribution in [0.4, 0.5) is 0 Å². The van der Waals surface area contributed by atoms with E-state index in [1.807, 2.05) is 7.11 Å². The van der Waals surface area contributed by atoms with Crippen molar-refractivity contribution in [3.63, 3.8) is 0 Å². The molecular weight excluding hydrogens is 238 g/mol. The molecule has 0 aromatic rings. The lowest BCUT2D eigenvalue weighted by atomic mass is 9.90. The van der Waals surface area contributed by atoms with Gasteiger partial charge in [0.15, 0.2) is 0 Å². The highest BCUT2D eigenvalue weighted by molar-refractivity contribution is 4.94. The van der Waals surface area contributed by atoms with Crippen LogP contribution in [0.3, 0.4) is 0 Å². The Labute approximate surface area is 117 Å². The standard InChI is InChI=1S/C15H29N3O/c1-19-15-5-8-18(14(10-15)11-16)13-4-7-17-6-2-3-12(17)9-13/h12-15H,2-11,16H2,1H3. The zero-order chi connectivity index (χ0) is 13.2. The van der Waals surface area contributed by atoms with Gasteiger partial charge in [0.05, 0.1) is 6.10 Å². The minimum atomic E-state index is 0.427. The normalized spacial score (nSPS) is 41.4. The molecule has 0 amide bonds. The maximum atomic E-state index is 6.02. The molecule has 19 heavy (non-hydrogen) atoms. The van der Waals surface area contributed by atoms with Crippen LogP contribution in [-0.2, 0) is 4.74 Å². The monoisotopic (exact) mass is 267 g/mol. The Morgan fingerprint density at radius 3 is 2.74 bits per heavy atom. The highest BCUT2D eigenvalue weighted by Crippen LogP contribution is 2.32. The molecule has 0 aromatic carbocycles. The zero-order valence-electron chi connectivity index (χ0n) is 12.3. The molecule has 4 heteroatoms. The molecule has 0 bridgehead atoms. The van der Waals surface area contributed by atoms with Crippen LogP contribution in [0.15, 0.2) is 0 Å². The van der Waals surface area contributed by atoms with Crippen molar-refractivity contribution in [1.82, 2.24) is 9.80 Å². The smallest absolute Gasteiger partial charge is 0.0599 e. The predicted molar refractivity (Wildman–Crippen MR) is 77.2 cm³/mol. The summed E-state index contributed by atoms with van der Waals surface area (Å²) >= 11 is 0. The molecule has 3 fully saturated rings. The highest BCUT2D eigenvalue weighted by atomic mass is 16.5. The summed E-state index contributed by atoms with van der Waals surface area (Å²) < 4.78 is 5.54. The number of fused-ring (bicyclic) bond motifs is 1. The number of ether oxygens (including phenoxy) is 1. The van der Waals surface area contributed by atoms with Crippen molar-refractivity contribution in [2.45, 2.75) is 62.8 Å². The van der Waals surface area contributed by atoms with Gasteiger partial charge in [-0.2, -0.15) is 0 Å². The van der Waals surface area contributed by atoms with E-state index in [-0.39, 0.29) is 0 Å². The Bertz CT molecular complexity index is 299. The van der Waals surface area contributed by atoms with Gasteiger partial charge in [-0.15, -0.1) is 0 Å². The van der Waals surface area contributed by atoms with Crippen molar-refractivity contribution in [1.29, 1.82) is 0 Å². The SMILES string of the molecule is COC1CCN(C2CCN3CCCC3C2)C(CN)C1. The Hall–Kier alpha value is -0.160. The molecule has 4 nitrogen and oxygen atoms in total. The second-order valence-electron chi connectivity index (χ2n) is 6.52. The van der Waals surface area contributed by atoms with Crippen molar-refractivity contribution in [2.24, 2.45) is 5.73 Å². The minimum absolute atomic E-state index is 0.427. The second-order valence-corrected chi connectivity index (χ2v) is 6.52. The van der Waals surface area contributed by atoms with E-state index in [2.05, 4.69) is 9.80 Å². The molecule has 0 aromatic heterocycles. The number of rotatable bonds is 3. The van der Waals surface area contributed by atoms with Crippen molar-refractivity contribution in [2.75, 3.05) is 33.3 Å². The van der Waals surface area contributed by atoms with E-state index in [0.717, 1.165) is 25.0 Å². The third-order valence-corrected chi connectivity index (χ3v) is 5.58. The summed E-state index contributed by atoms with van der Waals surface area (Å²) in [4.78, 5) is 5.42. The third-order valence-electron chi connectivity index (χ3n) is 5.58. The van der Waals surface area contributed by atoms with Crippen LogP contribution in [0, 0.1) is 0 Å². The van der Waals surface area contributed by atoms with E-state index < -0.39 is 0 Å². The van der Waals surface area contributed by atoms with Gasteiger partial charge in [0.25, 0.3) is 0 Å². The number of likely N-dealkylation sites (tertiary alicyclic amines) is 1. The van der Waals surface area contributed by atoms with Gasteiger partial charge in [-0.3, -0.25) is 4.90 Å². The summed E-state index contributed by atoms with van der Waals surface area (Å²) in [6.07, 6.45) is 8.26. The number of nitrogens with two attached hydrogens (primary N) is 1. The number of methoxy groups -OCH3 is 1. The lowest BCUT2D eigenvalue weighted by molar-refractivity contribution is -0.0213. The van der Waals surface area contributed by atoms with Gasteiger partial charge in [-0.05, 0) is 51.6 Å². The van der Waals surface area contributed by atoms with E-state index >= 15 is 0 Å². The highest BCUT2D eigenvalue weighted by Gasteiger charge is 2.38. The first-order chi connectivity index (χ1) is 9.31. The maximum Gasteiger partial charge on any atom is 0.0599 e. The van der Waals surface area contributed by atoms with Crippen molar-refractivity contribution < 1.29 is 4.74 Å². The van der Waals surface area contributed by atoms with E-state index in [1.165, 1.54) is 51.7 Å². The third kappa shape index (κ3) is 2.82.